The molecule has 1 fully saturated rings. The summed E-state index contributed by atoms with van der Waals surface area (Å²) < 4.78 is 12.7. The third-order valence-corrected chi connectivity index (χ3v) is 2.16. The summed E-state index contributed by atoms with van der Waals surface area (Å²) in [5.74, 6) is 0. The second kappa shape index (κ2) is 3.30. The molecule has 1 aliphatic heterocycles. The number of halogens is 1. The van der Waals surface area contributed by atoms with Gasteiger partial charge in [-0.05, 0) is 13.0 Å². The van der Waals surface area contributed by atoms with Crippen LogP contribution in [0.2, 0.25) is 0 Å². The van der Waals surface area contributed by atoms with E-state index < -0.39 is 6.17 Å². The lowest BCUT2D eigenvalue weighted by Crippen LogP contribution is -2.35. The van der Waals surface area contributed by atoms with Gasteiger partial charge in [0.05, 0.1) is 0 Å². The van der Waals surface area contributed by atoms with E-state index in [1.54, 1.807) is 0 Å². The van der Waals surface area contributed by atoms with Crippen molar-refractivity contribution in [1.82, 2.24) is 4.90 Å². The zero-order valence-electron chi connectivity index (χ0n) is 6.39. The minimum Gasteiger partial charge on any atom is -0.329 e. The molecule has 10 heavy (non-hydrogen) atoms. The SMILES string of the molecule is CCN1C[C@H](F)C[C@H]1CN. The number of alkyl halides is 1. The van der Waals surface area contributed by atoms with Gasteiger partial charge in [-0.15, -0.1) is 0 Å². The van der Waals surface area contributed by atoms with Crippen LogP contribution in [0.1, 0.15) is 13.3 Å². The molecule has 3 heteroatoms. The predicted octanol–water partition coefficient (Wildman–Crippen LogP) is 0.377. The lowest BCUT2D eigenvalue weighted by molar-refractivity contribution is 0.259. The second-order valence-electron chi connectivity index (χ2n) is 2.81. The van der Waals surface area contributed by atoms with Crippen molar-refractivity contribution < 1.29 is 4.39 Å². The van der Waals surface area contributed by atoms with E-state index in [1.165, 1.54) is 0 Å². The van der Waals surface area contributed by atoms with Gasteiger partial charge in [0.2, 0.25) is 0 Å². The molecule has 0 aromatic rings. The van der Waals surface area contributed by atoms with Crippen LogP contribution in [0.3, 0.4) is 0 Å². The Morgan fingerprint density at radius 2 is 2.40 bits per heavy atom. The molecule has 1 aliphatic rings. The quantitative estimate of drug-likeness (QED) is 0.610. The molecule has 0 unspecified atom stereocenters. The third-order valence-electron chi connectivity index (χ3n) is 2.16. The maximum Gasteiger partial charge on any atom is 0.114 e. The minimum atomic E-state index is -0.645. The summed E-state index contributed by atoms with van der Waals surface area (Å²) in [6.07, 6.45) is -0.0156. The van der Waals surface area contributed by atoms with Crippen LogP contribution in [0.25, 0.3) is 0 Å². The van der Waals surface area contributed by atoms with Crippen LogP contribution in [0.4, 0.5) is 4.39 Å². The molecule has 0 aliphatic carbocycles. The van der Waals surface area contributed by atoms with Gasteiger partial charge in [0.25, 0.3) is 0 Å². The van der Waals surface area contributed by atoms with Crippen LogP contribution in [0.5, 0.6) is 0 Å². The number of hydrogen-bond donors (Lipinski definition) is 1. The van der Waals surface area contributed by atoms with Crippen molar-refractivity contribution in [2.45, 2.75) is 25.6 Å². The number of hydrogen-bond acceptors (Lipinski definition) is 2. The molecule has 0 bridgehead atoms. The van der Waals surface area contributed by atoms with E-state index in [1.807, 2.05) is 6.92 Å². The molecule has 0 radical (unpaired) electrons. The highest BCUT2D eigenvalue weighted by molar-refractivity contribution is 4.84. The Balaban J connectivity index is 2.41. The zero-order valence-corrected chi connectivity index (χ0v) is 6.39. The molecule has 1 rings (SSSR count). The highest BCUT2D eigenvalue weighted by Gasteiger charge is 2.29. The molecule has 0 aromatic heterocycles. The Morgan fingerprint density at radius 1 is 1.70 bits per heavy atom. The Labute approximate surface area is 61.2 Å². The number of likely N-dealkylation sites (N-methyl/N-ethyl adjacent to an activating group) is 1. The van der Waals surface area contributed by atoms with Gasteiger partial charge in [-0.1, -0.05) is 6.92 Å². The number of nitrogens with two attached hydrogens (primary N) is 1. The molecule has 0 spiro atoms. The van der Waals surface area contributed by atoms with Crippen LogP contribution in [-0.4, -0.2) is 36.7 Å². The van der Waals surface area contributed by atoms with Crippen molar-refractivity contribution in [1.29, 1.82) is 0 Å². The summed E-state index contributed by atoms with van der Waals surface area (Å²) in [5, 5.41) is 0. The first kappa shape index (κ1) is 7.95. The predicted molar refractivity (Wildman–Crippen MR) is 39.6 cm³/mol. The molecular formula is C7H15FN2. The highest BCUT2D eigenvalue weighted by atomic mass is 19.1. The van der Waals surface area contributed by atoms with Crippen LogP contribution >= 0.6 is 0 Å². The van der Waals surface area contributed by atoms with Crippen LogP contribution in [0, 0.1) is 0 Å². The monoisotopic (exact) mass is 146 g/mol. The van der Waals surface area contributed by atoms with Crippen LogP contribution in [0.15, 0.2) is 0 Å². The van der Waals surface area contributed by atoms with Crippen LogP contribution in [-0.2, 0) is 0 Å². The molecule has 2 N–H and O–H groups in total. The maximum absolute atomic E-state index is 12.7. The lowest BCUT2D eigenvalue weighted by atomic mass is 10.2. The van der Waals surface area contributed by atoms with Crippen molar-refractivity contribution in [3.8, 4) is 0 Å². The van der Waals surface area contributed by atoms with E-state index in [2.05, 4.69) is 4.90 Å². The highest BCUT2D eigenvalue weighted by Crippen LogP contribution is 2.18. The summed E-state index contributed by atoms with van der Waals surface area (Å²) in [6, 6.07) is 0.292. The van der Waals surface area contributed by atoms with E-state index in [4.69, 9.17) is 5.73 Å². The van der Waals surface area contributed by atoms with Gasteiger partial charge in [-0.25, -0.2) is 4.39 Å². The van der Waals surface area contributed by atoms with E-state index >= 15 is 0 Å². The largest absolute Gasteiger partial charge is 0.329 e. The summed E-state index contributed by atoms with van der Waals surface area (Å²) in [6.45, 7) is 4.13. The summed E-state index contributed by atoms with van der Waals surface area (Å²) in [7, 11) is 0. The smallest absolute Gasteiger partial charge is 0.114 e. The first-order valence-corrected chi connectivity index (χ1v) is 3.86. The Hall–Kier alpha value is -0.150. The Bertz CT molecular complexity index is 95.8. The molecule has 2 nitrogen and oxygen atoms in total. The average Bonchev–Trinajstić information content (AvgIpc) is 2.30. The second-order valence-corrected chi connectivity index (χ2v) is 2.81. The fourth-order valence-corrected chi connectivity index (χ4v) is 1.55. The topological polar surface area (TPSA) is 29.3 Å². The van der Waals surface area contributed by atoms with Crippen molar-refractivity contribution in [2.75, 3.05) is 19.6 Å². The van der Waals surface area contributed by atoms with E-state index in [0.717, 1.165) is 6.54 Å². The van der Waals surface area contributed by atoms with E-state index in [-0.39, 0.29) is 0 Å². The van der Waals surface area contributed by atoms with E-state index in [0.29, 0.717) is 25.6 Å². The van der Waals surface area contributed by atoms with Gasteiger partial charge in [0.1, 0.15) is 6.17 Å². The minimum absolute atomic E-state index is 0.292. The zero-order chi connectivity index (χ0) is 7.56. The molecule has 1 saturated heterocycles. The standard InChI is InChI=1S/C7H15FN2/c1-2-10-5-6(8)3-7(10)4-9/h6-7H,2-5,9H2,1H3/t6-,7+/m1/s1. The van der Waals surface area contributed by atoms with Crippen molar-refractivity contribution in [3.05, 3.63) is 0 Å². The number of nitrogens with zero attached hydrogens (tertiary/aromatic N) is 1. The van der Waals surface area contributed by atoms with Gasteiger partial charge >= 0.3 is 0 Å². The molecule has 0 aromatic carbocycles. The lowest BCUT2D eigenvalue weighted by Gasteiger charge is -2.19. The molecule has 0 saturated carbocycles. The summed E-state index contributed by atoms with van der Waals surface area (Å²) in [4.78, 5) is 2.10. The molecular weight excluding hydrogens is 131 g/mol. The van der Waals surface area contributed by atoms with Gasteiger partial charge in [0, 0.05) is 19.1 Å². The first-order valence-electron chi connectivity index (χ1n) is 3.86. The Kier molecular flexibility index (Phi) is 2.63. The molecule has 2 atom stereocenters. The summed E-state index contributed by atoms with van der Waals surface area (Å²) in [5.41, 5.74) is 5.45. The average molecular weight is 146 g/mol. The van der Waals surface area contributed by atoms with Gasteiger partial charge in [0.15, 0.2) is 0 Å². The molecule has 60 valence electrons. The van der Waals surface area contributed by atoms with Crippen LogP contribution < -0.4 is 5.73 Å². The number of rotatable bonds is 2. The normalized spacial score (nSPS) is 35.1. The first-order chi connectivity index (χ1) is 4.77. The van der Waals surface area contributed by atoms with Gasteiger partial charge in [-0.3, -0.25) is 4.90 Å². The third kappa shape index (κ3) is 1.47. The molecule has 1 heterocycles. The van der Waals surface area contributed by atoms with Gasteiger partial charge < -0.3 is 5.73 Å². The van der Waals surface area contributed by atoms with E-state index in [9.17, 15) is 4.39 Å². The van der Waals surface area contributed by atoms with Crippen molar-refractivity contribution in [2.24, 2.45) is 5.73 Å². The fraction of sp³-hybridized carbons (Fsp3) is 1.00. The van der Waals surface area contributed by atoms with Crippen molar-refractivity contribution in [3.63, 3.8) is 0 Å². The molecule has 0 amide bonds. The van der Waals surface area contributed by atoms with Gasteiger partial charge in [-0.2, -0.15) is 0 Å². The fourth-order valence-electron chi connectivity index (χ4n) is 1.55. The van der Waals surface area contributed by atoms with Crippen molar-refractivity contribution >= 4 is 0 Å². The maximum atomic E-state index is 12.7. The Morgan fingerprint density at radius 3 is 2.80 bits per heavy atom. The number of likely N-dealkylation sites (tertiary alicyclic amines) is 1. The summed E-state index contributed by atoms with van der Waals surface area (Å²) >= 11 is 0.